The van der Waals surface area contributed by atoms with E-state index < -0.39 is 0 Å². The second-order valence-electron chi connectivity index (χ2n) is 6.85. The molecule has 1 amide bonds. The molecule has 0 aliphatic rings. The highest BCUT2D eigenvalue weighted by Gasteiger charge is 2.17. The second-order valence-corrected chi connectivity index (χ2v) is 6.85. The highest BCUT2D eigenvalue weighted by Crippen LogP contribution is 2.30. The Morgan fingerprint density at radius 3 is 2.41 bits per heavy atom. The van der Waals surface area contributed by atoms with Crippen molar-refractivity contribution in [2.75, 3.05) is 0 Å². The molecule has 0 aliphatic heterocycles. The summed E-state index contributed by atoms with van der Waals surface area (Å²) in [7, 11) is 0. The molecule has 3 heteroatoms. The number of primary amides is 1. The number of hydrogen-bond donors (Lipinski definition) is 1. The Balaban J connectivity index is 1.84. The topological polar surface area (TPSA) is 47.5 Å². The highest BCUT2D eigenvalue weighted by atomic mass is 16.1. The van der Waals surface area contributed by atoms with Crippen LogP contribution in [0.1, 0.15) is 22.4 Å². The predicted molar refractivity (Wildman–Crippen MR) is 110 cm³/mol. The van der Waals surface area contributed by atoms with Gasteiger partial charge in [-0.05, 0) is 46.9 Å². The van der Waals surface area contributed by atoms with E-state index in [1.165, 1.54) is 22.4 Å². The summed E-state index contributed by atoms with van der Waals surface area (Å²) in [5.41, 5.74) is 13.6. The molecule has 0 saturated heterocycles. The van der Waals surface area contributed by atoms with Crippen LogP contribution in [0.2, 0.25) is 0 Å². The van der Waals surface area contributed by atoms with E-state index in [9.17, 15) is 4.79 Å². The number of carbonyl (C=O) groups is 1. The lowest BCUT2D eigenvalue weighted by molar-refractivity contribution is -0.117. The molecule has 134 valence electrons. The molecule has 0 spiro atoms. The summed E-state index contributed by atoms with van der Waals surface area (Å²) in [6.07, 6.45) is 3.12. The van der Waals surface area contributed by atoms with E-state index in [0.29, 0.717) is 0 Å². The number of nitrogens with zero attached hydrogens (tertiary/aromatic N) is 1. The summed E-state index contributed by atoms with van der Waals surface area (Å²) in [4.78, 5) is 11.6. The number of carbonyl (C=O) groups excluding carboxylic acids is 1. The van der Waals surface area contributed by atoms with Gasteiger partial charge in [0, 0.05) is 23.8 Å². The maximum atomic E-state index is 11.6. The van der Waals surface area contributed by atoms with Crippen molar-refractivity contribution in [1.82, 2.24) is 4.40 Å². The lowest BCUT2D eigenvalue weighted by Gasteiger charge is -2.11. The van der Waals surface area contributed by atoms with Gasteiger partial charge in [0.2, 0.25) is 5.91 Å². The fourth-order valence-corrected chi connectivity index (χ4v) is 3.84. The number of hydrogen-bond acceptors (Lipinski definition) is 1. The molecular weight excluding hydrogens is 332 g/mol. The average Bonchev–Trinajstić information content (AvgIpc) is 2.95. The van der Waals surface area contributed by atoms with Gasteiger partial charge in [0.25, 0.3) is 0 Å². The van der Waals surface area contributed by atoms with Crippen LogP contribution in [0.4, 0.5) is 0 Å². The summed E-state index contributed by atoms with van der Waals surface area (Å²) in [6, 6.07) is 25.0. The van der Waals surface area contributed by atoms with Gasteiger partial charge in [0.1, 0.15) is 0 Å². The van der Waals surface area contributed by atoms with Crippen molar-refractivity contribution in [1.29, 1.82) is 0 Å². The number of nitrogens with two attached hydrogens (primary N) is 1. The largest absolute Gasteiger partial charge is 0.369 e. The lowest BCUT2D eigenvalue weighted by Crippen LogP contribution is -2.14. The van der Waals surface area contributed by atoms with Gasteiger partial charge in [-0.3, -0.25) is 4.79 Å². The van der Waals surface area contributed by atoms with Gasteiger partial charge < -0.3 is 10.1 Å². The van der Waals surface area contributed by atoms with Crippen molar-refractivity contribution in [2.24, 2.45) is 5.73 Å². The van der Waals surface area contributed by atoms with Gasteiger partial charge in [-0.15, -0.1) is 0 Å². The van der Waals surface area contributed by atoms with E-state index in [4.69, 9.17) is 5.73 Å². The maximum Gasteiger partial charge on any atom is 0.221 e. The third-order valence-electron chi connectivity index (χ3n) is 5.16. The molecule has 0 radical (unpaired) electrons. The van der Waals surface area contributed by atoms with Crippen LogP contribution in [0, 0.1) is 6.92 Å². The molecule has 0 saturated carbocycles. The lowest BCUT2D eigenvalue weighted by atomic mass is 9.95. The van der Waals surface area contributed by atoms with E-state index in [1.54, 1.807) is 0 Å². The Hall–Kier alpha value is -3.33. The molecule has 3 nitrogen and oxygen atoms in total. The minimum Gasteiger partial charge on any atom is -0.369 e. The molecule has 0 atom stereocenters. The van der Waals surface area contributed by atoms with Crippen molar-refractivity contribution in [3.63, 3.8) is 0 Å². The van der Waals surface area contributed by atoms with Gasteiger partial charge in [-0.2, -0.15) is 0 Å². The van der Waals surface area contributed by atoms with Crippen LogP contribution in [0.3, 0.4) is 0 Å². The van der Waals surface area contributed by atoms with E-state index in [2.05, 4.69) is 72.1 Å². The minimum atomic E-state index is -0.300. The van der Waals surface area contributed by atoms with Crippen LogP contribution in [-0.2, 0) is 17.6 Å². The summed E-state index contributed by atoms with van der Waals surface area (Å²) >= 11 is 0. The molecule has 0 unspecified atom stereocenters. The van der Waals surface area contributed by atoms with Crippen LogP contribution in [0.25, 0.3) is 16.6 Å². The van der Waals surface area contributed by atoms with Crippen LogP contribution < -0.4 is 5.73 Å². The third-order valence-corrected chi connectivity index (χ3v) is 5.16. The number of amides is 1. The average molecular weight is 354 g/mol. The van der Waals surface area contributed by atoms with Gasteiger partial charge in [-0.25, -0.2) is 0 Å². The quantitative estimate of drug-likeness (QED) is 0.562. The van der Waals surface area contributed by atoms with Gasteiger partial charge in [0.05, 0.1) is 6.42 Å². The Labute approximate surface area is 159 Å². The van der Waals surface area contributed by atoms with Crippen LogP contribution in [0.15, 0.2) is 79.0 Å². The van der Waals surface area contributed by atoms with Crippen molar-refractivity contribution < 1.29 is 4.79 Å². The number of fused-ring (bicyclic) bond motifs is 1. The molecular formula is C24H22N2O. The number of benzene rings is 2. The second kappa shape index (κ2) is 7.12. The maximum absolute atomic E-state index is 11.6. The standard InChI is InChI=1S/C24H22N2O/c1-17-21(16-24(25)27)22-13-7-8-14-26(22)23(17)15-19-11-5-6-12-20(19)18-9-3-2-4-10-18/h2-14H,15-16H2,1H3,(H2,25,27). The van der Waals surface area contributed by atoms with Crippen molar-refractivity contribution >= 4 is 11.4 Å². The number of rotatable bonds is 5. The SMILES string of the molecule is Cc1c(CC(N)=O)c2ccccn2c1Cc1ccccc1-c1ccccc1. The molecule has 0 bridgehead atoms. The Bertz CT molecular complexity index is 1110. The first-order valence-corrected chi connectivity index (χ1v) is 9.14. The van der Waals surface area contributed by atoms with Gasteiger partial charge >= 0.3 is 0 Å². The molecule has 0 aliphatic carbocycles. The molecule has 2 heterocycles. The third kappa shape index (κ3) is 3.24. The van der Waals surface area contributed by atoms with Crippen molar-refractivity contribution in [3.8, 4) is 11.1 Å². The predicted octanol–water partition coefficient (Wildman–Crippen LogP) is 4.53. The van der Waals surface area contributed by atoms with E-state index in [-0.39, 0.29) is 12.3 Å². The zero-order chi connectivity index (χ0) is 18.8. The smallest absolute Gasteiger partial charge is 0.221 e. The number of pyridine rings is 1. The molecule has 2 N–H and O–H groups in total. The zero-order valence-corrected chi connectivity index (χ0v) is 15.4. The van der Waals surface area contributed by atoms with E-state index in [1.807, 2.05) is 18.2 Å². The first kappa shape index (κ1) is 17.1. The molecule has 4 aromatic rings. The van der Waals surface area contributed by atoms with Gasteiger partial charge in [0.15, 0.2) is 0 Å². The normalized spacial score (nSPS) is 11.0. The first-order chi connectivity index (χ1) is 13.1. The molecule has 4 rings (SSSR count). The molecule has 2 aromatic heterocycles. The summed E-state index contributed by atoms with van der Waals surface area (Å²) in [5, 5.41) is 0. The minimum absolute atomic E-state index is 0.264. The zero-order valence-electron chi connectivity index (χ0n) is 15.4. The summed E-state index contributed by atoms with van der Waals surface area (Å²) in [6.45, 7) is 2.09. The van der Waals surface area contributed by atoms with E-state index in [0.717, 1.165) is 23.1 Å². The Morgan fingerprint density at radius 1 is 0.926 bits per heavy atom. The Morgan fingerprint density at radius 2 is 1.63 bits per heavy atom. The summed E-state index contributed by atoms with van der Waals surface area (Å²) in [5.74, 6) is -0.300. The molecule has 27 heavy (non-hydrogen) atoms. The van der Waals surface area contributed by atoms with Gasteiger partial charge in [-0.1, -0.05) is 60.7 Å². The van der Waals surface area contributed by atoms with E-state index >= 15 is 0 Å². The monoisotopic (exact) mass is 354 g/mol. The van der Waals surface area contributed by atoms with Crippen molar-refractivity contribution in [3.05, 3.63) is 101 Å². The first-order valence-electron chi connectivity index (χ1n) is 9.14. The Kier molecular flexibility index (Phi) is 4.51. The van der Waals surface area contributed by atoms with Crippen LogP contribution in [-0.4, -0.2) is 10.3 Å². The fourth-order valence-electron chi connectivity index (χ4n) is 3.84. The number of aromatic nitrogens is 1. The van der Waals surface area contributed by atoms with Crippen LogP contribution in [0.5, 0.6) is 0 Å². The molecule has 2 aromatic carbocycles. The summed E-state index contributed by atoms with van der Waals surface area (Å²) < 4.78 is 2.19. The van der Waals surface area contributed by atoms with Crippen LogP contribution >= 0.6 is 0 Å². The van der Waals surface area contributed by atoms with Crippen molar-refractivity contribution in [2.45, 2.75) is 19.8 Å². The fraction of sp³-hybridized carbons (Fsp3) is 0.125. The molecule has 0 fully saturated rings. The highest BCUT2D eigenvalue weighted by molar-refractivity contribution is 5.81.